The molecule has 2 fully saturated rings. The van der Waals surface area contributed by atoms with Crippen molar-refractivity contribution in [3.05, 3.63) is 35.6 Å². The molecule has 1 N–H and O–H groups in total. The Morgan fingerprint density at radius 2 is 1.84 bits per heavy atom. The van der Waals surface area contributed by atoms with E-state index >= 15 is 0 Å². The van der Waals surface area contributed by atoms with Crippen LogP contribution < -0.4 is 5.32 Å². The topological polar surface area (TPSA) is 24.5 Å². The van der Waals surface area contributed by atoms with Crippen LogP contribution >= 0.6 is 0 Å². The van der Waals surface area contributed by atoms with E-state index in [0.717, 1.165) is 52.4 Å². The van der Waals surface area contributed by atoms with Gasteiger partial charge in [-0.3, -0.25) is 0 Å². The van der Waals surface area contributed by atoms with E-state index in [1.165, 1.54) is 5.56 Å². The Balaban J connectivity index is 1.64. The number of nitrogens with one attached hydrogen (secondary N) is 1. The van der Waals surface area contributed by atoms with Gasteiger partial charge in [0, 0.05) is 31.6 Å². The van der Waals surface area contributed by atoms with Crippen molar-refractivity contribution >= 4 is 0 Å². The van der Waals surface area contributed by atoms with E-state index in [2.05, 4.69) is 10.2 Å². The largest absolute Gasteiger partial charge is 0.379 e. The smallest absolute Gasteiger partial charge is 0.123 e. The second kappa shape index (κ2) is 5.57. The minimum Gasteiger partial charge on any atom is -0.379 e. The molecule has 104 valence electrons. The highest BCUT2D eigenvalue weighted by Crippen LogP contribution is 2.36. The van der Waals surface area contributed by atoms with Crippen LogP contribution in [0.1, 0.15) is 12.0 Å². The van der Waals surface area contributed by atoms with Gasteiger partial charge >= 0.3 is 0 Å². The number of hydrogen-bond donors (Lipinski definition) is 1. The highest BCUT2D eigenvalue weighted by atomic mass is 19.1. The van der Waals surface area contributed by atoms with E-state index in [1.54, 1.807) is 12.1 Å². The average Bonchev–Trinajstić information content (AvgIpc) is 2.41. The molecule has 1 aromatic rings. The van der Waals surface area contributed by atoms with Crippen LogP contribution in [0.25, 0.3) is 0 Å². The molecule has 2 aliphatic rings. The van der Waals surface area contributed by atoms with E-state index in [0.29, 0.717) is 0 Å². The van der Waals surface area contributed by atoms with Crippen molar-refractivity contribution in [2.24, 2.45) is 0 Å². The van der Waals surface area contributed by atoms with Gasteiger partial charge in [0.2, 0.25) is 0 Å². The highest BCUT2D eigenvalue weighted by Gasteiger charge is 2.40. The van der Waals surface area contributed by atoms with Crippen LogP contribution in [0.5, 0.6) is 0 Å². The Kier molecular flexibility index (Phi) is 3.82. The first kappa shape index (κ1) is 13.0. The molecule has 2 aliphatic heterocycles. The maximum atomic E-state index is 13.0. The minimum absolute atomic E-state index is 0.110. The van der Waals surface area contributed by atoms with Gasteiger partial charge in [0.25, 0.3) is 0 Å². The molecule has 0 aliphatic carbocycles. The lowest BCUT2D eigenvalue weighted by atomic mass is 9.75. The number of rotatable bonds is 4. The van der Waals surface area contributed by atoms with Crippen LogP contribution in [0.3, 0.4) is 0 Å². The Morgan fingerprint density at radius 3 is 2.42 bits per heavy atom. The zero-order chi connectivity index (χ0) is 13.1. The molecule has 0 saturated carbocycles. The maximum Gasteiger partial charge on any atom is 0.123 e. The Hall–Kier alpha value is -0.970. The van der Waals surface area contributed by atoms with Crippen LogP contribution in [0, 0.1) is 5.82 Å². The second-order valence-corrected chi connectivity index (χ2v) is 5.62. The van der Waals surface area contributed by atoms with Crippen molar-refractivity contribution in [1.29, 1.82) is 0 Å². The third-order valence-corrected chi connectivity index (χ3v) is 4.33. The summed E-state index contributed by atoms with van der Waals surface area (Å²) < 4.78 is 18.5. The van der Waals surface area contributed by atoms with Crippen molar-refractivity contribution in [2.45, 2.75) is 11.8 Å². The summed E-state index contributed by atoms with van der Waals surface area (Å²) in [7, 11) is 0. The molecule has 4 heteroatoms. The predicted octanol–water partition coefficient (Wildman–Crippen LogP) is 1.39. The molecule has 3 rings (SSSR count). The van der Waals surface area contributed by atoms with Crippen molar-refractivity contribution in [1.82, 2.24) is 10.2 Å². The zero-order valence-electron chi connectivity index (χ0n) is 11.2. The van der Waals surface area contributed by atoms with Crippen LogP contribution in [-0.2, 0) is 10.2 Å². The van der Waals surface area contributed by atoms with Crippen molar-refractivity contribution < 1.29 is 9.13 Å². The van der Waals surface area contributed by atoms with Gasteiger partial charge in [-0.15, -0.1) is 0 Å². The number of halogens is 1. The third-order valence-electron chi connectivity index (χ3n) is 4.33. The lowest BCUT2D eigenvalue weighted by molar-refractivity contribution is -0.0679. The first-order valence-corrected chi connectivity index (χ1v) is 7.05. The monoisotopic (exact) mass is 264 g/mol. The van der Waals surface area contributed by atoms with Crippen LogP contribution in [0.2, 0.25) is 0 Å². The lowest BCUT2D eigenvalue weighted by Gasteiger charge is -2.43. The normalized spacial score (nSPS) is 23.0. The van der Waals surface area contributed by atoms with Gasteiger partial charge in [0.1, 0.15) is 5.82 Å². The van der Waals surface area contributed by atoms with E-state index in [-0.39, 0.29) is 11.2 Å². The van der Waals surface area contributed by atoms with Crippen molar-refractivity contribution in [3.63, 3.8) is 0 Å². The summed E-state index contributed by atoms with van der Waals surface area (Å²) in [6, 6.07) is 6.94. The van der Waals surface area contributed by atoms with Gasteiger partial charge in [-0.2, -0.15) is 0 Å². The molecule has 0 atom stereocenters. The average molecular weight is 264 g/mol. The van der Waals surface area contributed by atoms with Gasteiger partial charge in [0.05, 0.1) is 13.2 Å². The third kappa shape index (κ3) is 2.81. The molecule has 0 spiro atoms. The first-order valence-electron chi connectivity index (χ1n) is 7.05. The van der Waals surface area contributed by atoms with Crippen LogP contribution in [0.15, 0.2) is 24.3 Å². The van der Waals surface area contributed by atoms with Gasteiger partial charge < -0.3 is 15.0 Å². The van der Waals surface area contributed by atoms with Crippen LogP contribution in [0.4, 0.5) is 4.39 Å². The molecule has 0 amide bonds. The van der Waals surface area contributed by atoms with Crippen molar-refractivity contribution in [3.8, 4) is 0 Å². The van der Waals surface area contributed by atoms with Gasteiger partial charge in [-0.05, 0) is 30.7 Å². The fraction of sp³-hybridized carbons (Fsp3) is 0.600. The first-order chi connectivity index (χ1) is 9.28. The van der Waals surface area contributed by atoms with E-state index in [9.17, 15) is 4.39 Å². The quantitative estimate of drug-likeness (QED) is 0.889. The summed E-state index contributed by atoms with van der Waals surface area (Å²) >= 11 is 0. The molecule has 3 nitrogen and oxygen atoms in total. The molecule has 0 radical (unpaired) electrons. The lowest BCUT2D eigenvalue weighted by Crippen LogP contribution is -2.51. The fourth-order valence-electron chi connectivity index (χ4n) is 2.91. The van der Waals surface area contributed by atoms with Gasteiger partial charge in [-0.25, -0.2) is 4.39 Å². The number of hydrogen-bond acceptors (Lipinski definition) is 3. The Labute approximate surface area is 113 Å². The van der Waals surface area contributed by atoms with Gasteiger partial charge in [-0.1, -0.05) is 12.1 Å². The molecule has 2 saturated heterocycles. The van der Waals surface area contributed by atoms with Crippen molar-refractivity contribution in [2.75, 3.05) is 45.9 Å². The van der Waals surface area contributed by atoms with E-state index in [4.69, 9.17) is 4.74 Å². The zero-order valence-corrected chi connectivity index (χ0v) is 11.2. The molecular formula is C15H21FN2O. The number of benzene rings is 1. The molecule has 0 aromatic heterocycles. The summed E-state index contributed by atoms with van der Waals surface area (Å²) in [6.07, 6.45) is 1.10. The summed E-state index contributed by atoms with van der Waals surface area (Å²) in [5.74, 6) is -0.166. The molecular weight excluding hydrogens is 243 g/mol. The summed E-state index contributed by atoms with van der Waals surface area (Å²) in [5.41, 5.74) is 1.33. The van der Waals surface area contributed by atoms with Gasteiger partial charge in [0.15, 0.2) is 0 Å². The van der Waals surface area contributed by atoms with Crippen LogP contribution in [-0.4, -0.2) is 50.8 Å². The number of ether oxygens (including phenoxy) is 1. The highest BCUT2D eigenvalue weighted by molar-refractivity contribution is 5.28. The summed E-state index contributed by atoms with van der Waals surface area (Å²) in [4.78, 5) is 2.50. The molecule has 0 unspecified atom stereocenters. The number of nitrogens with zero attached hydrogens (tertiary/aromatic N) is 1. The predicted molar refractivity (Wildman–Crippen MR) is 72.8 cm³/mol. The number of piperazine rings is 1. The summed E-state index contributed by atoms with van der Waals surface area (Å²) in [5, 5.41) is 3.37. The Bertz CT molecular complexity index is 411. The molecule has 2 heterocycles. The van der Waals surface area contributed by atoms with E-state index < -0.39 is 0 Å². The SMILES string of the molecule is Fc1ccc(C2(CCN3CCNCC3)COC2)cc1. The van der Waals surface area contributed by atoms with E-state index in [1.807, 2.05) is 12.1 Å². The standard InChI is InChI=1S/C15H21FN2O/c16-14-3-1-13(2-4-14)15(11-19-12-15)5-8-18-9-6-17-7-10-18/h1-4,17H,5-12H2. The minimum atomic E-state index is -0.166. The molecule has 19 heavy (non-hydrogen) atoms. The maximum absolute atomic E-state index is 13.0. The molecule has 0 bridgehead atoms. The molecule has 1 aromatic carbocycles. The second-order valence-electron chi connectivity index (χ2n) is 5.62. The summed E-state index contributed by atoms with van der Waals surface area (Å²) in [6.45, 7) is 7.05. The Morgan fingerprint density at radius 1 is 1.16 bits per heavy atom. The fourth-order valence-corrected chi connectivity index (χ4v) is 2.91.